The first kappa shape index (κ1) is 23.9. The molecule has 0 saturated heterocycles. The van der Waals surface area contributed by atoms with Crippen LogP contribution in [0.2, 0.25) is 0 Å². The fourth-order valence-corrected chi connectivity index (χ4v) is 4.35. The van der Waals surface area contributed by atoms with Crippen LogP contribution >= 0.6 is 0 Å². The van der Waals surface area contributed by atoms with E-state index in [1.54, 1.807) is 35.0 Å². The Hall–Kier alpha value is -4.25. The zero-order valence-electron chi connectivity index (χ0n) is 19.6. The third-order valence-corrected chi connectivity index (χ3v) is 6.71. The predicted molar refractivity (Wildman–Crippen MR) is 131 cm³/mol. The lowest BCUT2D eigenvalue weighted by molar-refractivity contribution is -0.114. The molecule has 2 N–H and O–H groups in total. The molecule has 0 aliphatic heterocycles. The van der Waals surface area contributed by atoms with E-state index in [1.807, 2.05) is 20.8 Å². The zero-order chi connectivity index (χ0) is 25.2. The molecule has 1 amide bonds. The minimum absolute atomic E-state index is 0.0693. The van der Waals surface area contributed by atoms with Crippen molar-refractivity contribution in [1.82, 2.24) is 19.7 Å². The van der Waals surface area contributed by atoms with Crippen LogP contribution < -0.4 is 14.8 Å². The number of rotatable bonds is 7. The Morgan fingerprint density at radius 1 is 0.943 bits per heavy atom. The summed E-state index contributed by atoms with van der Waals surface area (Å²) >= 11 is 0. The highest BCUT2D eigenvalue weighted by atomic mass is 32.2. The van der Waals surface area contributed by atoms with E-state index in [-0.39, 0.29) is 10.8 Å². The number of nitrogens with one attached hydrogen (secondary N) is 2. The van der Waals surface area contributed by atoms with Gasteiger partial charge in [-0.3, -0.25) is 9.52 Å². The first-order chi connectivity index (χ1) is 16.6. The molecule has 0 bridgehead atoms. The molecule has 10 nitrogen and oxygen atoms in total. The Labute approximate surface area is 203 Å². The summed E-state index contributed by atoms with van der Waals surface area (Å²) in [4.78, 5) is 19.6. The number of carbonyl (C=O) groups is 1. The van der Waals surface area contributed by atoms with E-state index in [1.165, 1.54) is 37.5 Å². The van der Waals surface area contributed by atoms with Crippen LogP contribution in [0.25, 0.3) is 5.82 Å². The fourth-order valence-electron chi connectivity index (χ4n) is 3.29. The van der Waals surface area contributed by atoms with Crippen molar-refractivity contribution in [2.75, 3.05) is 10.0 Å². The number of hydrogen-bond donors (Lipinski definition) is 2. The lowest BCUT2D eigenvalue weighted by Gasteiger charge is -2.10. The first-order valence-electron chi connectivity index (χ1n) is 10.7. The summed E-state index contributed by atoms with van der Waals surface area (Å²) in [6.07, 6.45) is 1.40. The molecule has 0 atom stereocenters. The number of aryl methyl sites for hydroxylation is 1. The fraction of sp³-hybridized carbons (Fsp3) is 0.167. The van der Waals surface area contributed by atoms with Gasteiger partial charge < -0.3 is 10.1 Å². The van der Waals surface area contributed by atoms with Crippen molar-refractivity contribution < 1.29 is 17.9 Å². The molecule has 0 fully saturated rings. The first-order valence-corrected chi connectivity index (χ1v) is 12.1. The van der Waals surface area contributed by atoms with Gasteiger partial charge >= 0.3 is 0 Å². The largest absolute Gasteiger partial charge is 0.439 e. The topological polar surface area (TPSA) is 128 Å². The zero-order valence-corrected chi connectivity index (χ0v) is 20.4. The van der Waals surface area contributed by atoms with E-state index in [9.17, 15) is 13.2 Å². The van der Waals surface area contributed by atoms with Gasteiger partial charge in [-0.2, -0.15) is 5.10 Å². The number of nitrogens with zero attached hydrogens (tertiary/aromatic N) is 4. The molecule has 0 unspecified atom stereocenters. The molecule has 2 heterocycles. The summed E-state index contributed by atoms with van der Waals surface area (Å²) in [5, 5.41) is 7.10. The quantitative estimate of drug-likeness (QED) is 0.397. The van der Waals surface area contributed by atoms with Crippen LogP contribution in [0.4, 0.5) is 11.4 Å². The Kier molecular flexibility index (Phi) is 6.52. The number of aromatic nitrogens is 4. The smallest absolute Gasteiger partial charge is 0.261 e. The van der Waals surface area contributed by atoms with Crippen molar-refractivity contribution >= 4 is 27.3 Å². The predicted octanol–water partition coefficient (Wildman–Crippen LogP) is 4.14. The standard InChI is InChI=1S/C24H24N6O4S/c1-15-16(2)28-30(17(15)3)23-13-24(26-14-25-23)34-21-9-5-20(6-10-21)29-35(32,33)22-11-7-19(8-12-22)27-18(4)31/h5-14,29H,1-4H3,(H,27,31). The minimum atomic E-state index is -3.81. The Bertz CT molecular complexity index is 1480. The van der Waals surface area contributed by atoms with E-state index in [0.29, 0.717) is 28.8 Å². The number of carbonyl (C=O) groups excluding carboxylic acids is 1. The van der Waals surface area contributed by atoms with Crippen LogP contribution in [0.15, 0.2) is 65.8 Å². The number of amides is 1. The van der Waals surface area contributed by atoms with Gasteiger partial charge in [0.1, 0.15) is 12.1 Å². The second kappa shape index (κ2) is 9.55. The van der Waals surface area contributed by atoms with E-state index in [2.05, 4.69) is 25.1 Å². The lowest BCUT2D eigenvalue weighted by atomic mass is 10.2. The van der Waals surface area contributed by atoms with E-state index in [0.717, 1.165) is 17.0 Å². The number of hydrogen-bond acceptors (Lipinski definition) is 7. The molecular weight excluding hydrogens is 468 g/mol. The summed E-state index contributed by atoms with van der Waals surface area (Å²) < 4.78 is 35.4. The summed E-state index contributed by atoms with van der Waals surface area (Å²) in [7, 11) is -3.81. The molecule has 4 aromatic rings. The Morgan fingerprint density at radius 2 is 1.60 bits per heavy atom. The number of sulfonamides is 1. The van der Waals surface area contributed by atoms with Crippen LogP contribution in [-0.2, 0) is 14.8 Å². The van der Waals surface area contributed by atoms with E-state index >= 15 is 0 Å². The molecule has 180 valence electrons. The molecule has 0 radical (unpaired) electrons. The minimum Gasteiger partial charge on any atom is -0.439 e. The van der Waals surface area contributed by atoms with Crippen LogP contribution in [0.3, 0.4) is 0 Å². The van der Waals surface area contributed by atoms with E-state index < -0.39 is 10.0 Å². The maximum Gasteiger partial charge on any atom is 0.261 e. The Balaban J connectivity index is 1.46. The van der Waals surface area contributed by atoms with Crippen molar-refractivity contribution in [3.8, 4) is 17.4 Å². The van der Waals surface area contributed by atoms with Crippen molar-refractivity contribution in [1.29, 1.82) is 0 Å². The van der Waals surface area contributed by atoms with Gasteiger partial charge in [-0.15, -0.1) is 0 Å². The average molecular weight is 493 g/mol. The maximum atomic E-state index is 12.7. The second-order valence-electron chi connectivity index (χ2n) is 7.86. The molecule has 0 aliphatic carbocycles. The van der Waals surface area contributed by atoms with Crippen molar-refractivity contribution in [3.63, 3.8) is 0 Å². The van der Waals surface area contributed by atoms with Gasteiger partial charge in [-0.05, 0) is 74.9 Å². The average Bonchev–Trinajstić information content (AvgIpc) is 3.08. The van der Waals surface area contributed by atoms with Gasteiger partial charge in [-0.1, -0.05) is 0 Å². The number of anilines is 2. The second-order valence-corrected chi connectivity index (χ2v) is 9.54. The monoisotopic (exact) mass is 492 g/mol. The molecule has 0 spiro atoms. The molecule has 2 aromatic heterocycles. The summed E-state index contributed by atoms with van der Waals surface area (Å²) in [5.74, 6) is 1.15. The highest BCUT2D eigenvalue weighted by molar-refractivity contribution is 7.92. The molecular formula is C24H24N6O4S. The molecule has 2 aromatic carbocycles. The van der Waals surface area contributed by atoms with Gasteiger partial charge in [0.2, 0.25) is 11.8 Å². The van der Waals surface area contributed by atoms with Gasteiger partial charge in [0.25, 0.3) is 10.0 Å². The van der Waals surface area contributed by atoms with Crippen LogP contribution in [-0.4, -0.2) is 34.1 Å². The van der Waals surface area contributed by atoms with Crippen LogP contribution in [0.1, 0.15) is 23.9 Å². The van der Waals surface area contributed by atoms with Gasteiger partial charge in [-0.25, -0.2) is 23.1 Å². The van der Waals surface area contributed by atoms with E-state index in [4.69, 9.17) is 4.74 Å². The number of benzene rings is 2. The van der Waals surface area contributed by atoms with Crippen molar-refractivity contribution in [2.24, 2.45) is 0 Å². The van der Waals surface area contributed by atoms with Crippen molar-refractivity contribution in [3.05, 3.63) is 77.9 Å². The normalized spacial score (nSPS) is 11.2. The van der Waals surface area contributed by atoms with Crippen LogP contribution in [0, 0.1) is 20.8 Å². The van der Waals surface area contributed by atoms with Crippen molar-refractivity contribution in [2.45, 2.75) is 32.6 Å². The highest BCUT2D eigenvalue weighted by Crippen LogP contribution is 2.25. The number of ether oxygens (including phenoxy) is 1. The summed E-state index contributed by atoms with van der Waals surface area (Å²) in [6, 6.07) is 14.0. The SMILES string of the molecule is CC(=O)Nc1ccc(S(=O)(=O)Nc2ccc(Oc3cc(-n4nc(C)c(C)c4C)ncn3)cc2)cc1. The highest BCUT2D eigenvalue weighted by Gasteiger charge is 2.15. The third kappa shape index (κ3) is 5.46. The van der Waals surface area contributed by atoms with Crippen LogP contribution in [0.5, 0.6) is 11.6 Å². The summed E-state index contributed by atoms with van der Waals surface area (Å²) in [6.45, 7) is 7.29. The lowest BCUT2D eigenvalue weighted by Crippen LogP contribution is -2.13. The molecule has 11 heteroatoms. The molecule has 0 saturated carbocycles. The van der Waals surface area contributed by atoms with Gasteiger partial charge in [0.15, 0.2) is 5.82 Å². The van der Waals surface area contributed by atoms with Gasteiger partial charge in [0.05, 0.1) is 10.6 Å². The molecule has 0 aliphatic rings. The third-order valence-electron chi connectivity index (χ3n) is 5.31. The maximum absolute atomic E-state index is 12.7. The summed E-state index contributed by atoms with van der Waals surface area (Å²) in [5.41, 5.74) is 3.87. The molecule has 35 heavy (non-hydrogen) atoms. The van der Waals surface area contributed by atoms with Gasteiger partial charge in [0, 0.05) is 30.1 Å². The Morgan fingerprint density at radius 3 is 2.20 bits per heavy atom. The molecule has 4 rings (SSSR count).